The maximum atomic E-state index is 14.6. The van der Waals surface area contributed by atoms with Gasteiger partial charge in [-0.2, -0.15) is 0 Å². The van der Waals surface area contributed by atoms with Gasteiger partial charge in [0.2, 0.25) is 5.95 Å². The second-order valence-corrected chi connectivity index (χ2v) is 7.72. The zero-order valence-corrected chi connectivity index (χ0v) is 18.0. The van der Waals surface area contributed by atoms with Gasteiger partial charge in [0.05, 0.1) is 11.3 Å². The fourth-order valence-electron chi connectivity index (χ4n) is 3.59. The Morgan fingerprint density at radius 3 is 2.76 bits per heavy atom. The quantitative estimate of drug-likeness (QED) is 0.506. The molecule has 7 heteroatoms. The average molecular weight is 447 g/mol. The summed E-state index contributed by atoms with van der Waals surface area (Å²) in [5, 5.41) is 5.96. The summed E-state index contributed by atoms with van der Waals surface area (Å²) < 4.78 is 27.9. The lowest BCUT2D eigenvalue weighted by atomic mass is 10.0. The van der Waals surface area contributed by atoms with E-state index in [4.69, 9.17) is 0 Å². The molecular weight excluding hydrogens is 422 g/mol. The van der Waals surface area contributed by atoms with Crippen LogP contribution in [0.15, 0.2) is 78.5 Å². The van der Waals surface area contributed by atoms with Crippen LogP contribution in [0, 0.1) is 11.6 Å². The van der Waals surface area contributed by atoms with Crippen molar-refractivity contribution in [1.29, 1.82) is 0 Å². The van der Waals surface area contributed by atoms with Gasteiger partial charge in [-0.15, -0.1) is 0 Å². The lowest BCUT2D eigenvalue weighted by molar-refractivity contribution is 0.0956. The van der Waals surface area contributed by atoms with Crippen LogP contribution in [0.4, 0.5) is 14.7 Å². The number of carbonyl (C=O) groups excluding carboxylic acids is 1. The molecule has 2 aromatic carbocycles. The van der Waals surface area contributed by atoms with Crippen molar-refractivity contribution in [3.63, 3.8) is 0 Å². The minimum atomic E-state index is -0.476. The molecule has 0 unspecified atom stereocenters. The molecule has 0 atom stereocenters. The Kier molecular flexibility index (Phi) is 7.19. The van der Waals surface area contributed by atoms with Crippen LogP contribution in [0.25, 0.3) is 11.3 Å². The zero-order valence-electron chi connectivity index (χ0n) is 18.0. The van der Waals surface area contributed by atoms with E-state index < -0.39 is 5.82 Å². The van der Waals surface area contributed by atoms with Crippen molar-refractivity contribution >= 4 is 11.9 Å². The molecule has 5 nitrogen and oxygen atoms in total. The SMILES string of the molecule is O=C(NCC1=CC=CCC1)c1cnc(NCCc2cccc(F)c2)nc1-c1ccccc1F. The minimum Gasteiger partial charge on any atom is -0.354 e. The molecule has 0 bridgehead atoms. The Bertz CT molecular complexity index is 1210. The summed E-state index contributed by atoms with van der Waals surface area (Å²) in [5.41, 5.74) is 2.58. The summed E-state index contributed by atoms with van der Waals surface area (Å²) in [6.45, 7) is 0.862. The molecule has 1 amide bonds. The van der Waals surface area contributed by atoms with Crippen LogP contribution in [0.3, 0.4) is 0 Å². The van der Waals surface area contributed by atoms with Crippen LogP contribution in [0.1, 0.15) is 28.8 Å². The second-order valence-electron chi connectivity index (χ2n) is 7.72. The van der Waals surface area contributed by atoms with E-state index in [1.165, 1.54) is 24.4 Å². The van der Waals surface area contributed by atoms with Gasteiger partial charge in [0.15, 0.2) is 0 Å². The van der Waals surface area contributed by atoms with E-state index in [0.717, 1.165) is 24.0 Å². The van der Waals surface area contributed by atoms with Crippen molar-refractivity contribution in [2.75, 3.05) is 18.4 Å². The van der Waals surface area contributed by atoms with Gasteiger partial charge < -0.3 is 10.6 Å². The lowest BCUT2D eigenvalue weighted by Gasteiger charge is -2.14. The first-order valence-electron chi connectivity index (χ1n) is 10.8. The number of carbonyl (C=O) groups is 1. The van der Waals surface area contributed by atoms with Crippen molar-refractivity contribution < 1.29 is 13.6 Å². The summed E-state index contributed by atoms with van der Waals surface area (Å²) in [4.78, 5) is 21.6. The number of benzene rings is 2. The molecule has 1 aliphatic carbocycles. The molecule has 33 heavy (non-hydrogen) atoms. The highest BCUT2D eigenvalue weighted by molar-refractivity contribution is 6.00. The van der Waals surface area contributed by atoms with Gasteiger partial charge in [0, 0.05) is 24.8 Å². The number of rotatable bonds is 8. The van der Waals surface area contributed by atoms with Gasteiger partial charge in [-0.25, -0.2) is 18.7 Å². The van der Waals surface area contributed by atoms with Crippen LogP contribution in [-0.2, 0) is 6.42 Å². The number of hydrogen-bond donors (Lipinski definition) is 2. The van der Waals surface area contributed by atoms with Crippen molar-refractivity contribution in [2.24, 2.45) is 0 Å². The molecule has 1 aromatic heterocycles. The van der Waals surface area contributed by atoms with E-state index in [1.807, 2.05) is 18.2 Å². The van der Waals surface area contributed by atoms with Crippen molar-refractivity contribution in [3.8, 4) is 11.3 Å². The van der Waals surface area contributed by atoms with E-state index in [2.05, 4.69) is 26.7 Å². The van der Waals surface area contributed by atoms with Crippen LogP contribution >= 0.6 is 0 Å². The second kappa shape index (κ2) is 10.6. The highest BCUT2D eigenvalue weighted by Gasteiger charge is 2.19. The highest BCUT2D eigenvalue weighted by atomic mass is 19.1. The largest absolute Gasteiger partial charge is 0.354 e. The topological polar surface area (TPSA) is 66.9 Å². The predicted octanol–water partition coefficient (Wildman–Crippen LogP) is 5.08. The maximum absolute atomic E-state index is 14.6. The van der Waals surface area contributed by atoms with Crippen LogP contribution in [0.5, 0.6) is 0 Å². The fraction of sp³-hybridized carbons (Fsp3) is 0.192. The zero-order chi connectivity index (χ0) is 23.0. The van der Waals surface area contributed by atoms with Crippen LogP contribution in [0.2, 0.25) is 0 Å². The fourth-order valence-corrected chi connectivity index (χ4v) is 3.59. The number of hydrogen-bond acceptors (Lipinski definition) is 4. The summed E-state index contributed by atoms with van der Waals surface area (Å²) >= 11 is 0. The molecule has 0 spiro atoms. The number of nitrogens with zero attached hydrogens (tertiary/aromatic N) is 2. The Morgan fingerprint density at radius 1 is 1.09 bits per heavy atom. The van der Waals surface area contributed by atoms with Gasteiger partial charge in [-0.3, -0.25) is 4.79 Å². The van der Waals surface area contributed by atoms with Gasteiger partial charge in [-0.05, 0) is 49.1 Å². The van der Waals surface area contributed by atoms with Crippen molar-refractivity contribution in [3.05, 3.63) is 101 Å². The lowest BCUT2D eigenvalue weighted by Crippen LogP contribution is -2.27. The summed E-state index contributed by atoms with van der Waals surface area (Å²) in [7, 11) is 0. The molecule has 1 heterocycles. The third-order valence-electron chi connectivity index (χ3n) is 5.32. The van der Waals surface area contributed by atoms with E-state index in [9.17, 15) is 13.6 Å². The van der Waals surface area contributed by atoms with E-state index in [-0.39, 0.29) is 34.5 Å². The van der Waals surface area contributed by atoms with Gasteiger partial charge in [-0.1, -0.05) is 48.1 Å². The molecule has 2 N–H and O–H groups in total. The first kappa shape index (κ1) is 22.3. The maximum Gasteiger partial charge on any atom is 0.255 e. The number of aromatic nitrogens is 2. The van der Waals surface area contributed by atoms with Crippen LogP contribution in [-0.4, -0.2) is 29.0 Å². The summed E-state index contributed by atoms with van der Waals surface area (Å²) in [5.74, 6) is -0.867. The van der Waals surface area contributed by atoms with Gasteiger partial charge in [0.25, 0.3) is 5.91 Å². The number of nitrogens with one attached hydrogen (secondary N) is 2. The predicted molar refractivity (Wildman–Crippen MR) is 125 cm³/mol. The van der Waals surface area contributed by atoms with Gasteiger partial charge in [0.1, 0.15) is 11.6 Å². The van der Waals surface area contributed by atoms with E-state index in [0.29, 0.717) is 19.5 Å². The molecule has 4 rings (SSSR count). The Labute approximate surface area is 191 Å². The molecule has 0 fully saturated rings. The molecule has 0 saturated heterocycles. The van der Waals surface area contributed by atoms with E-state index in [1.54, 1.807) is 24.3 Å². The molecule has 1 aliphatic rings. The number of allylic oxidation sites excluding steroid dienone is 3. The average Bonchev–Trinajstić information content (AvgIpc) is 2.83. The Morgan fingerprint density at radius 2 is 1.97 bits per heavy atom. The first-order chi connectivity index (χ1) is 16.1. The first-order valence-corrected chi connectivity index (χ1v) is 10.8. The molecular formula is C26H24F2N4O. The molecule has 0 radical (unpaired) electrons. The van der Waals surface area contributed by atoms with Gasteiger partial charge >= 0.3 is 0 Å². The summed E-state index contributed by atoms with van der Waals surface area (Å²) in [6.07, 6.45) is 9.84. The Hall–Kier alpha value is -3.87. The monoisotopic (exact) mass is 446 g/mol. The molecule has 0 aliphatic heterocycles. The molecule has 168 valence electrons. The Balaban J connectivity index is 1.53. The molecule has 0 saturated carbocycles. The third-order valence-corrected chi connectivity index (χ3v) is 5.32. The smallest absolute Gasteiger partial charge is 0.255 e. The molecule has 3 aromatic rings. The van der Waals surface area contributed by atoms with E-state index >= 15 is 0 Å². The standard InChI is InChI=1S/C26H24F2N4O/c27-20-10-6-9-18(15-20)13-14-29-26-31-17-22(24(32-26)21-11-4-5-12-23(21)28)25(33)30-16-19-7-2-1-3-8-19/h1-2,4-7,9-12,15,17H,3,8,13-14,16H2,(H,30,33)(H,29,31,32). The third kappa shape index (κ3) is 5.88. The number of anilines is 1. The normalized spacial score (nSPS) is 12.8. The van der Waals surface area contributed by atoms with Crippen molar-refractivity contribution in [2.45, 2.75) is 19.3 Å². The number of halogens is 2. The number of amides is 1. The highest BCUT2D eigenvalue weighted by Crippen LogP contribution is 2.25. The minimum absolute atomic E-state index is 0.197. The summed E-state index contributed by atoms with van der Waals surface area (Å²) in [6, 6.07) is 12.5. The van der Waals surface area contributed by atoms with Crippen molar-refractivity contribution in [1.82, 2.24) is 15.3 Å². The van der Waals surface area contributed by atoms with Crippen LogP contribution < -0.4 is 10.6 Å².